The number of allylic oxidation sites excluding steroid dienone is 6. The first-order valence-electron chi connectivity index (χ1n) is 25.3. The molecular weight excluding hydrogens is 1050 g/mol. The molecular formula is C55H67N3NaO16S2+. The molecule has 4 aliphatic heterocycles. The largest absolute Gasteiger partial charge is 1.00 e. The minimum atomic E-state index is -4.93. The van der Waals surface area contributed by atoms with Crippen molar-refractivity contribution in [1.29, 1.82) is 0 Å². The Morgan fingerprint density at radius 1 is 0.844 bits per heavy atom. The second-order valence-corrected chi connectivity index (χ2v) is 22.4. The fraction of sp³-hybridized carbons (Fsp3) is 0.455. The van der Waals surface area contributed by atoms with E-state index >= 15 is 0 Å². The maximum Gasteiger partial charge on any atom is 1.00 e. The molecule has 22 heteroatoms. The molecule has 4 aliphatic rings. The Bertz CT molecular complexity index is 3010. The summed E-state index contributed by atoms with van der Waals surface area (Å²) in [5, 5.41) is 0.473. The number of rotatable bonds is 28. The van der Waals surface area contributed by atoms with E-state index in [-0.39, 0.29) is 80.2 Å². The zero-order chi connectivity index (χ0) is 54.7. The van der Waals surface area contributed by atoms with Gasteiger partial charge in [-0.1, -0.05) is 48.6 Å². The Morgan fingerprint density at radius 2 is 1.48 bits per heavy atom. The Balaban J connectivity index is 0.00000961. The SMILES string of the molecule is COCCOCCOCCOCCOCCN1c2cc3c(cc2C(C)=CC1(C)C)C(=CC=CC1=[N+](CCCS(=O)(=O)O)c2ccc(S(=O)(=O)[O-])cc2C1(C)CCCC(=O)ON1C(=O)CCC1=O)C=C(c1ccccc1)O3.[Na+]. The number of methoxy groups -OCH3 is 1. The summed E-state index contributed by atoms with van der Waals surface area (Å²) < 4.78 is 107. The van der Waals surface area contributed by atoms with Crippen LogP contribution in [0.5, 0.6) is 5.75 Å². The molecule has 0 spiro atoms. The number of imide groups is 1. The van der Waals surface area contributed by atoms with Gasteiger partial charge in [0.15, 0.2) is 5.71 Å². The maximum absolute atomic E-state index is 13.0. The number of amides is 2. The van der Waals surface area contributed by atoms with Gasteiger partial charge in [0.25, 0.3) is 21.9 Å². The molecule has 1 atom stereocenters. The van der Waals surface area contributed by atoms with Gasteiger partial charge in [-0.25, -0.2) is 13.2 Å². The summed E-state index contributed by atoms with van der Waals surface area (Å²) in [5.74, 6) is -1.43. The van der Waals surface area contributed by atoms with Crippen LogP contribution in [0, 0.1) is 0 Å². The second-order valence-electron chi connectivity index (χ2n) is 19.4. The summed E-state index contributed by atoms with van der Waals surface area (Å²) in [7, 11) is -7.67. The van der Waals surface area contributed by atoms with Crippen LogP contribution in [0.3, 0.4) is 0 Å². The molecule has 0 bridgehead atoms. The van der Waals surface area contributed by atoms with E-state index in [1.807, 2.05) is 66.1 Å². The van der Waals surface area contributed by atoms with Gasteiger partial charge in [0.05, 0.1) is 81.1 Å². The zero-order valence-electron chi connectivity index (χ0n) is 44.6. The van der Waals surface area contributed by atoms with Crippen LogP contribution in [0.25, 0.3) is 16.9 Å². The molecule has 1 saturated heterocycles. The number of hydrogen-bond acceptors (Lipinski definition) is 16. The van der Waals surface area contributed by atoms with Crippen molar-refractivity contribution in [2.45, 2.75) is 82.1 Å². The van der Waals surface area contributed by atoms with Crippen molar-refractivity contribution < 1.29 is 108 Å². The number of carbonyl (C=O) groups excluding carboxylic acids is 3. The van der Waals surface area contributed by atoms with E-state index in [1.54, 1.807) is 7.11 Å². The number of fused-ring (bicyclic) bond motifs is 3. The number of benzene rings is 3. The van der Waals surface area contributed by atoms with Crippen molar-refractivity contribution in [3.8, 4) is 5.75 Å². The molecule has 410 valence electrons. The first-order valence-corrected chi connectivity index (χ1v) is 28.3. The summed E-state index contributed by atoms with van der Waals surface area (Å²) >= 11 is 0. The van der Waals surface area contributed by atoms with Crippen LogP contribution in [0.15, 0.2) is 95.9 Å². The van der Waals surface area contributed by atoms with E-state index in [9.17, 15) is 40.3 Å². The number of ether oxygens (including phenoxy) is 6. The number of nitrogens with zero attached hydrogens (tertiary/aromatic N) is 3. The minimum Gasteiger partial charge on any atom is -0.744 e. The molecule has 3 aromatic rings. The summed E-state index contributed by atoms with van der Waals surface area (Å²) in [4.78, 5) is 44.3. The van der Waals surface area contributed by atoms with Gasteiger partial charge >= 0.3 is 35.5 Å². The third-order valence-corrected chi connectivity index (χ3v) is 15.2. The summed E-state index contributed by atoms with van der Waals surface area (Å²) in [5.41, 5.74) is 5.48. The van der Waals surface area contributed by atoms with Crippen LogP contribution in [-0.2, 0) is 68.6 Å². The normalized spacial score (nSPS) is 18.5. The number of carbonyl (C=O) groups is 3. The fourth-order valence-electron chi connectivity index (χ4n) is 9.86. The molecule has 0 radical (unpaired) electrons. The zero-order valence-corrected chi connectivity index (χ0v) is 48.3. The Morgan fingerprint density at radius 3 is 2.10 bits per heavy atom. The molecule has 2 amide bonds. The monoisotopic (exact) mass is 1110 g/mol. The molecule has 4 heterocycles. The van der Waals surface area contributed by atoms with Crippen LogP contribution in [-0.4, -0.2) is 150 Å². The van der Waals surface area contributed by atoms with Gasteiger partial charge in [-0.3, -0.25) is 14.1 Å². The van der Waals surface area contributed by atoms with Crippen molar-refractivity contribution >= 4 is 72.0 Å². The third-order valence-electron chi connectivity index (χ3n) is 13.5. The second kappa shape index (κ2) is 27.3. The quantitative estimate of drug-likeness (QED) is 0.0358. The van der Waals surface area contributed by atoms with Crippen LogP contribution >= 0.6 is 0 Å². The predicted molar refractivity (Wildman–Crippen MR) is 282 cm³/mol. The van der Waals surface area contributed by atoms with Crippen molar-refractivity contribution in [2.24, 2.45) is 0 Å². The van der Waals surface area contributed by atoms with Gasteiger partial charge in [-0.2, -0.15) is 13.0 Å². The molecule has 7 rings (SSSR count). The third kappa shape index (κ3) is 15.9. The summed E-state index contributed by atoms with van der Waals surface area (Å²) in [6.07, 6.45) is 9.65. The first kappa shape index (κ1) is 61.3. The Hall–Kier alpha value is -4.88. The molecule has 77 heavy (non-hydrogen) atoms. The van der Waals surface area contributed by atoms with Crippen LogP contribution in [0.4, 0.5) is 11.4 Å². The minimum absolute atomic E-state index is 0. The summed E-state index contributed by atoms with van der Waals surface area (Å²) in [6.45, 7) is 13.0. The molecule has 1 N–H and O–H groups in total. The predicted octanol–water partition coefficient (Wildman–Crippen LogP) is 3.79. The molecule has 0 aliphatic carbocycles. The molecule has 19 nitrogen and oxygen atoms in total. The van der Waals surface area contributed by atoms with E-state index in [0.29, 0.717) is 99.5 Å². The van der Waals surface area contributed by atoms with Crippen molar-refractivity contribution in [1.82, 2.24) is 5.06 Å². The number of hydrogen-bond donors (Lipinski definition) is 1. The van der Waals surface area contributed by atoms with E-state index < -0.39 is 54.1 Å². The van der Waals surface area contributed by atoms with E-state index in [4.69, 9.17) is 33.3 Å². The van der Waals surface area contributed by atoms with Crippen LogP contribution in [0.2, 0.25) is 0 Å². The topological polar surface area (TPSA) is 237 Å². The summed E-state index contributed by atoms with van der Waals surface area (Å²) in [6, 6.07) is 17.8. The smallest absolute Gasteiger partial charge is 0.744 e. The van der Waals surface area contributed by atoms with Crippen molar-refractivity contribution in [3.05, 3.63) is 113 Å². The molecule has 3 aromatic carbocycles. The van der Waals surface area contributed by atoms with Crippen molar-refractivity contribution in [2.75, 3.05) is 90.3 Å². The average molecular weight is 1110 g/mol. The maximum atomic E-state index is 13.0. The van der Waals surface area contributed by atoms with Gasteiger partial charge in [0, 0.05) is 85.5 Å². The molecule has 0 aromatic heterocycles. The average Bonchev–Trinajstić information content (AvgIpc) is 3.81. The van der Waals surface area contributed by atoms with Gasteiger partial charge in [0.2, 0.25) is 5.69 Å². The molecule has 1 unspecified atom stereocenters. The van der Waals surface area contributed by atoms with E-state index in [2.05, 4.69) is 43.9 Å². The molecule has 0 saturated carbocycles. The first-order chi connectivity index (χ1) is 36.2. The number of anilines is 1. The van der Waals surface area contributed by atoms with Gasteiger partial charge in [0.1, 0.15) is 28.2 Å². The van der Waals surface area contributed by atoms with Crippen LogP contribution in [0.1, 0.15) is 88.5 Å². The van der Waals surface area contributed by atoms with E-state index in [1.165, 1.54) is 18.2 Å². The number of hydroxylamine groups is 2. The molecule has 1 fully saturated rings. The van der Waals surface area contributed by atoms with Gasteiger partial charge in [-0.15, -0.1) is 5.06 Å². The Kier molecular flexibility index (Phi) is 21.8. The van der Waals surface area contributed by atoms with Gasteiger partial charge in [-0.05, 0) is 76.0 Å². The van der Waals surface area contributed by atoms with Gasteiger partial charge < -0.3 is 42.7 Å². The standard InChI is InChI=1S/C55H67N3O16S2.Na/c1-39-38-54(2,3)57(23-24-69-27-28-71-31-32-72-30-29-70-26-25-68-5)47-37-49-44(36-43(39)47)41(34-48(73-49)40-12-7-6-8-13-40)14-9-15-50-55(4,21-10-16-53(61)74-58-51(59)19-20-52(58)60)45-35-42(76(65,66)67)17-18-46(45)56(50)22-11-33-75(62,63)64;/h6-9,12-15,17-18,34-38H,10-11,16,19-33H2,1-5H3,(H-,62,63,64,65,66,67);/q;+1. The fourth-order valence-corrected chi connectivity index (χ4v) is 10.9. The van der Waals surface area contributed by atoms with E-state index in [0.717, 1.165) is 33.5 Å². The Labute approximate surface area is 473 Å². The van der Waals surface area contributed by atoms with Crippen LogP contribution < -0.4 is 39.2 Å². The van der Waals surface area contributed by atoms with Crippen molar-refractivity contribution in [3.63, 3.8) is 0 Å².